The molecule has 0 unspecified atom stereocenters. The summed E-state index contributed by atoms with van der Waals surface area (Å²) in [4.78, 5) is 2.59. The lowest BCUT2D eigenvalue weighted by Crippen LogP contribution is -2.28. The molecule has 2 aromatic carbocycles. The van der Waals surface area contributed by atoms with Crippen molar-refractivity contribution in [2.75, 3.05) is 26.2 Å². The van der Waals surface area contributed by atoms with Gasteiger partial charge in [0.25, 0.3) is 0 Å². The van der Waals surface area contributed by atoms with Gasteiger partial charge in [-0.15, -0.1) is 0 Å². The lowest BCUT2D eigenvalue weighted by Gasteiger charge is -2.23. The maximum Gasteiger partial charge on any atom is 0.119 e. The van der Waals surface area contributed by atoms with Crippen LogP contribution in [0.15, 0.2) is 42.5 Å². The normalized spacial score (nSPS) is 18.5. The number of ether oxygens (including phenoxy) is 1. The molecule has 2 aromatic rings. The van der Waals surface area contributed by atoms with Crippen LogP contribution in [0, 0.1) is 12.8 Å². The Labute approximate surface area is 170 Å². The molecule has 150 valence electrons. The fraction of sp³-hybridized carbons (Fsp3) is 0.520. The molecule has 28 heavy (non-hydrogen) atoms. The van der Waals surface area contributed by atoms with Crippen LogP contribution >= 0.6 is 0 Å². The van der Waals surface area contributed by atoms with Gasteiger partial charge >= 0.3 is 0 Å². The van der Waals surface area contributed by atoms with Gasteiger partial charge in [-0.3, -0.25) is 4.90 Å². The van der Waals surface area contributed by atoms with E-state index in [1.807, 2.05) is 0 Å². The van der Waals surface area contributed by atoms with E-state index in [1.54, 1.807) is 0 Å². The number of hydrogen-bond acceptors (Lipinski definition) is 3. The van der Waals surface area contributed by atoms with Crippen LogP contribution < -0.4 is 10.1 Å². The third-order valence-corrected chi connectivity index (χ3v) is 6.40. The Bertz CT molecular complexity index is 767. The number of nitrogens with zero attached hydrogens (tertiary/aromatic N) is 1. The molecule has 0 amide bonds. The molecule has 0 bridgehead atoms. The SMILES string of the molecule is Cc1ccccc1CN1CCCc2ccc(OCCC3CCNCC3)cc2C1. The summed E-state index contributed by atoms with van der Waals surface area (Å²) < 4.78 is 6.15. The van der Waals surface area contributed by atoms with Crippen LogP contribution in [0.1, 0.15) is 47.9 Å². The van der Waals surface area contributed by atoms with Crippen molar-refractivity contribution in [1.82, 2.24) is 10.2 Å². The molecule has 0 saturated carbocycles. The van der Waals surface area contributed by atoms with Gasteiger partial charge in [0.05, 0.1) is 6.61 Å². The number of benzene rings is 2. The summed E-state index contributed by atoms with van der Waals surface area (Å²) >= 11 is 0. The molecule has 2 heterocycles. The summed E-state index contributed by atoms with van der Waals surface area (Å²) in [7, 11) is 0. The Morgan fingerprint density at radius 1 is 1.07 bits per heavy atom. The Kier molecular flexibility index (Phi) is 6.66. The fourth-order valence-electron chi connectivity index (χ4n) is 4.57. The van der Waals surface area contributed by atoms with Crippen LogP contribution in [0.3, 0.4) is 0 Å². The average Bonchev–Trinajstić information content (AvgIpc) is 2.92. The summed E-state index contributed by atoms with van der Waals surface area (Å²) in [5.74, 6) is 1.87. The second-order valence-corrected chi connectivity index (χ2v) is 8.50. The van der Waals surface area contributed by atoms with Gasteiger partial charge in [0.15, 0.2) is 0 Å². The van der Waals surface area contributed by atoms with E-state index in [0.29, 0.717) is 0 Å². The van der Waals surface area contributed by atoms with Crippen LogP contribution in [0.25, 0.3) is 0 Å². The van der Waals surface area contributed by atoms with Gasteiger partial charge in [-0.2, -0.15) is 0 Å². The molecule has 0 atom stereocenters. The van der Waals surface area contributed by atoms with E-state index in [1.165, 1.54) is 67.4 Å². The van der Waals surface area contributed by atoms with E-state index in [9.17, 15) is 0 Å². The summed E-state index contributed by atoms with van der Waals surface area (Å²) in [6.45, 7) is 8.61. The Morgan fingerprint density at radius 3 is 2.79 bits per heavy atom. The molecule has 2 aliphatic rings. The third-order valence-electron chi connectivity index (χ3n) is 6.40. The van der Waals surface area contributed by atoms with E-state index >= 15 is 0 Å². The zero-order chi connectivity index (χ0) is 19.2. The maximum absolute atomic E-state index is 6.15. The van der Waals surface area contributed by atoms with Crippen molar-refractivity contribution in [2.24, 2.45) is 5.92 Å². The quantitative estimate of drug-likeness (QED) is 0.788. The molecule has 0 spiro atoms. The first-order valence-electron chi connectivity index (χ1n) is 11.0. The van der Waals surface area contributed by atoms with Gasteiger partial charge in [0.1, 0.15) is 5.75 Å². The highest BCUT2D eigenvalue weighted by Gasteiger charge is 2.17. The summed E-state index contributed by atoms with van der Waals surface area (Å²) in [5, 5.41) is 3.44. The van der Waals surface area contributed by atoms with E-state index in [4.69, 9.17) is 4.74 Å². The lowest BCUT2D eigenvalue weighted by atomic mass is 9.95. The molecule has 3 heteroatoms. The van der Waals surface area contributed by atoms with Crippen molar-refractivity contribution >= 4 is 0 Å². The molecule has 0 aromatic heterocycles. The lowest BCUT2D eigenvalue weighted by molar-refractivity contribution is 0.249. The van der Waals surface area contributed by atoms with E-state index in [-0.39, 0.29) is 0 Å². The number of hydrogen-bond donors (Lipinski definition) is 1. The minimum Gasteiger partial charge on any atom is -0.494 e. The van der Waals surface area contributed by atoms with Gasteiger partial charge in [-0.05, 0) is 99.0 Å². The fourth-order valence-corrected chi connectivity index (χ4v) is 4.57. The van der Waals surface area contributed by atoms with E-state index in [2.05, 4.69) is 59.6 Å². The molecular formula is C25H34N2O. The first kappa shape index (κ1) is 19.5. The molecule has 0 aliphatic carbocycles. The highest BCUT2D eigenvalue weighted by atomic mass is 16.5. The number of fused-ring (bicyclic) bond motifs is 1. The number of piperidine rings is 1. The van der Waals surface area contributed by atoms with E-state index in [0.717, 1.165) is 37.9 Å². The van der Waals surface area contributed by atoms with Crippen molar-refractivity contribution in [3.8, 4) is 5.75 Å². The minimum absolute atomic E-state index is 0.826. The summed E-state index contributed by atoms with van der Waals surface area (Å²) in [5.41, 5.74) is 5.78. The van der Waals surface area contributed by atoms with Gasteiger partial charge in [0.2, 0.25) is 0 Å². The zero-order valence-corrected chi connectivity index (χ0v) is 17.3. The van der Waals surface area contributed by atoms with Crippen LogP contribution in [0.4, 0.5) is 0 Å². The molecule has 2 aliphatic heterocycles. The van der Waals surface area contributed by atoms with Gasteiger partial charge < -0.3 is 10.1 Å². The van der Waals surface area contributed by atoms with Crippen molar-refractivity contribution in [3.63, 3.8) is 0 Å². The predicted octanol–water partition coefficient (Wildman–Crippen LogP) is 4.71. The molecule has 0 radical (unpaired) electrons. The number of nitrogens with one attached hydrogen (secondary N) is 1. The number of aryl methyl sites for hydroxylation is 2. The van der Waals surface area contributed by atoms with Crippen molar-refractivity contribution in [2.45, 2.75) is 52.1 Å². The van der Waals surface area contributed by atoms with Gasteiger partial charge in [0, 0.05) is 13.1 Å². The van der Waals surface area contributed by atoms with Gasteiger partial charge in [-0.1, -0.05) is 30.3 Å². The zero-order valence-electron chi connectivity index (χ0n) is 17.3. The number of rotatable bonds is 6. The monoisotopic (exact) mass is 378 g/mol. The van der Waals surface area contributed by atoms with Crippen LogP contribution in [0.2, 0.25) is 0 Å². The van der Waals surface area contributed by atoms with E-state index < -0.39 is 0 Å². The van der Waals surface area contributed by atoms with Crippen molar-refractivity contribution < 1.29 is 4.74 Å². The molecule has 1 saturated heterocycles. The smallest absolute Gasteiger partial charge is 0.119 e. The standard InChI is InChI=1S/C25H34N2O/c1-20-5-2-3-6-23(20)18-27-15-4-7-22-8-9-25(17-24(22)19-27)28-16-12-21-10-13-26-14-11-21/h2-3,5-6,8-9,17,21,26H,4,7,10-16,18-19H2,1H3. The minimum atomic E-state index is 0.826. The highest BCUT2D eigenvalue weighted by Crippen LogP contribution is 2.26. The first-order valence-corrected chi connectivity index (χ1v) is 11.0. The summed E-state index contributed by atoms with van der Waals surface area (Å²) in [6.07, 6.45) is 6.17. The molecule has 3 nitrogen and oxygen atoms in total. The third kappa shape index (κ3) is 5.15. The molecule has 4 rings (SSSR count). The molecular weight excluding hydrogens is 344 g/mol. The Balaban J connectivity index is 1.37. The van der Waals surface area contributed by atoms with Crippen molar-refractivity contribution in [3.05, 3.63) is 64.7 Å². The van der Waals surface area contributed by atoms with Crippen LogP contribution in [0.5, 0.6) is 5.75 Å². The Morgan fingerprint density at radius 2 is 1.93 bits per heavy atom. The van der Waals surface area contributed by atoms with Crippen LogP contribution in [-0.2, 0) is 19.5 Å². The highest BCUT2D eigenvalue weighted by molar-refractivity contribution is 5.36. The molecule has 1 N–H and O–H groups in total. The predicted molar refractivity (Wildman–Crippen MR) is 116 cm³/mol. The second kappa shape index (κ2) is 9.58. The summed E-state index contributed by atoms with van der Waals surface area (Å²) in [6, 6.07) is 15.5. The topological polar surface area (TPSA) is 24.5 Å². The second-order valence-electron chi connectivity index (χ2n) is 8.50. The first-order chi connectivity index (χ1) is 13.8. The largest absolute Gasteiger partial charge is 0.494 e. The van der Waals surface area contributed by atoms with Gasteiger partial charge in [-0.25, -0.2) is 0 Å². The average molecular weight is 379 g/mol. The molecule has 1 fully saturated rings. The maximum atomic E-state index is 6.15. The Hall–Kier alpha value is -1.84. The van der Waals surface area contributed by atoms with Crippen molar-refractivity contribution in [1.29, 1.82) is 0 Å². The van der Waals surface area contributed by atoms with Crippen LogP contribution in [-0.4, -0.2) is 31.1 Å².